The van der Waals surface area contributed by atoms with E-state index in [1.165, 1.54) is 5.56 Å². The maximum atomic E-state index is 12.4. The molecule has 1 heterocycles. The summed E-state index contributed by atoms with van der Waals surface area (Å²) in [5.41, 5.74) is 3.78. The molecule has 2 aromatic rings. The van der Waals surface area contributed by atoms with Gasteiger partial charge in [-0.2, -0.15) is 5.10 Å². The van der Waals surface area contributed by atoms with Gasteiger partial charge in [-0.15, -0.1) is 0 Å². The number of hydrogen-bond acceptors (Lipinski definition) is 2. The Balaban J connectivity index is 2.15. The lowest BCUT2D eigenvalue weighted by atomic mass is 10.0. The van der Waals surface area contributed by atoms with Gasteiger partial charge in [-0.3, -0.25) is 9.48 Å². The van der Waals surface area contributed by atoms with Crippen LogP contribution in [0.4, 0.5) is 0 Å². The maximum absolute atomic E-state index is 12.4. The molecule has 21 heavy (non-hydrogen) atoms. The van der Waals surface area contributed by atoms with Crippen LogP contribution < -0.4 is 5.32 Å². The number of benzene rings is 1. The Labute approximate surface area is 126 Å². The Kier molecular flexibility index (Phi) is 4.78. The predicted octanol–water partition coefficient (Wildman–Crippen LogP) is 3.40. The minimum absolute atomic E-state index is 0.0301. The van der Waals surface area contributed by atoms with Crippen molar-refractivity contribution in [2.24, 2.45) is 0 Å². The van der Waals surface area contributed by atoms with Crippen LogP contribution in [0.15, 0.2) is 30.5 Å². The SMILES string of the molecule is CCC(NC(=O)c1cn(CC)nc1C)c1ccc(C)cc1. The molecule has 2 rings (SSSR count). The van der Waals surface area contributed by atoms with Gasteiger partial charge in [0.1, 0.15) is 0 Å². The molecule has 0 saturated carbocycles. The zero-order valence-corrected chi connectivity index (χ0v) is 13.2. The van der Waals surface area contributed by atoms with E-state index in [0.717, 1.165) is 24.2 Å². The second-order valence-electron chi connectivity index (χ2n) is 5.33. The lowest BCUT2D eigenvalue weighted by molar-refractivity contribution is 0.0935. The molecule has 0 aliphatic carbocycles. The van der Waals surface area contributed by atoms with Crippen molar-refractivity contribution >= 4 is 5.91 Å². The van der Waals surface area contributed by atoms with Crippen LogP contribution in [0, 0.1) is 13.8 Å². The van der Waals surface area contributed by atoms with E-state index in [0.29, 0.717) is 5.56 Å². The van der Waals surface area contributed by atoms with Crippen LogP contribution in [0.1, 0.15) is 53.5 Å². The number of amides is 1. The summed E-state index contributed by atoms with van der Waals surface area (Å²) in [6, 6.07) is 8.33. The Hall–Kier alpha value is -2.10. The number of nitrogens with one attached hydrogen (secondary N) is 1. The molecule has 1 N–H and O–H groups in total. The molecule has 1 aromatic heterocycles. The van der Waals surface area contributed by atoms with E-state index >= 15 is 0 Å². The van der Waals surface area contributed by atoms with Gasteiger partial charge in [0.15, 0.2) is 0 Å². The third-order valence-electron chi connectivity index (χ3n) is 3.71. The monoisotopic (exact) mass is 285 g/mol. The van der Waals surface area contributed by atoms with Gasteiger partial charge in [0.05, 0.1) is 17.3 Å². The number of carbonyl (C=O) groups is 1. The van der Waals surface area contributed by atoms with Crippen molar-refractivity contribution in [2.75, 3.05) is 0 Å². The molecular formula is C17H23N3O. The molecule has 0 aliphatic rings. The first-order valence-electron chi connectivity index (χ1n) is 7.46. The minimum atomic E-state index is -0.0559. The smallest absolute Gasteiger partial charge is 0.255 e. The van der Waals surface area contributed by atoms with Crippen molar-refractivity contribution < 1.29 is 4.79 Å². The molecule has 1 amide bonds. The van der Waals surface area contributed by atoms with Crippen molar-refractivity contribution in [2.45, 2.75) is 46.7 Å². The fraction of sp³-hybridized carbons (Fsp3) is 0.412. The topological polar surface area (TPSA) is 46.9 Å². The Bertz CT molecular complexity index is 613. The van der Waals surface area contributed by atoms with E-state index in [1.807, 2.05) is 20.0 Å². The molecule has 1 unspecified atom stereocenters. The summed E-state index contributed by atoms with van der Waals surface area (Å²) in [5, 5.41) is 7.43. The number of rotatable bonds is 5. The molecule has 0 spiro atoms. The number of aromatic nitrogens is 2. The highest BCUT2D eigenvalue weighted by Crippen LogP contribution is 2.18. The van der Waals surface area contributed by atoms with E-state index in [2.05, 4.69) is 48.5 Å². The van der Waals surface area contributed by atoms with Crippen LogP contribution in [-0.2, 0) is 6.54 Å². The first-order valence-corrected chi connectivity index (χ1v) is 7.46. The highest BCUT2D eigenvalue weighted by molar-refractivity contribution is 5.95. The molecule has 0 bridgehead atoms. The summed E-state index contributed by atoms with van der Waals surface area (Å²) >= 11 is 0. The second kappa shape index (κ2) is 6.57. The van der Waals surface area contributed by atoms with Crippen molar-refractivity contribution in [3.8, 4) is 0 Å². The second-order valence-corrected chi connectivity index (χ2v) is 5.33. The lowest BCUT2D eigenvalue weighted by Crippen LogP contribution is -2.28. The largest absolute Gasteiger partial charge is 0.345 e. The van der Waals surface area contributed by atoms with Crippen molar-refractivity contribution in [1.29, 1.82) is 0 Å². The van der Waals surface area contributed by atoms with Gasteiger partial charge in [-0.05, 0) is 32.8 Å². The van der Waals surface area contributed by atoms with Crippen LogP contribution in [0.25, 0.3) is 0 Å². The zero-order valence-electron chi connectivity index (χ0n) is 13.2. The normalized spacial score (nSPS) is 12.2. The molecule has 0 fully saturated rings. The average molecular weight is 285 g/mol. The fourth-order valence-electron chi connectivity index (χ4n) is 2.36. The molecule has 1 atom stereocenters. The van der Waals surface area contributed by atoms with Gasteiger partial charge in [0, 0.05) is 12.7 Å². The van der Waals surface area contributed by atoms with Crippen molar-refractivity contribution in [3.63, 3.8) is 0 Å². The third kappa shape index (κ3) is 3.51. The molecule has 4 nitrogen and oxygen atoms in total. The lowest BCUT2D eigenvalue weighted by Gasteiger charge is -2.17. The van der Waals surface area contributed by atoms with Crippen LogP contribution >= 0.6 is 0 Å². The summed E-state index contributed by atoms with van der Waals surface area (Å²) in [6.07, 6.45) is 2.67. The Morgan fingerprint density at radius 2 is 1.90 bits per heavy atom. The quantitative estimate of drug-likeness (QED) is 0.915. The molecule has 0 saturated heterocycles. The maximum Gasteiger partial charge on any atom is 0.255 e. The van der Waals surface area contributed by atoms with Gasteiger partial charge in [0.25, 0.3) is 5.91 Å². The standard InChI is InChI=1S/C17H23N3O/c1-5-16(14-9-7-12(3)8-10-14)18-17(21)15-11-20(6-2)19-13(15)4/h7-11,16H,5-6H2,1-4H3,(H,18,21). The average Bonchev–Trinajstić information content (AvgIpc) is 2.87. The number of carbonyl (C=O) groups excluding carboxylic acids is 1. The van der Waals surface area contributed by atoms with Gasteiger partial charge < -0.3 is 5.32 Å². The van der Waals surface area contributed by atoms with E-state index in [1.54, 1.807) is 4.68 Å². The van der Waals surface area contributed by atoms with E-state index in [4.69, 9.17) is 0 Å². The van der Waals surface area contributed by atoms with Gasteiger partial charge in [-0.1, -0.05) is 36.8 Å². The first-order chi connectivity index (χ1) is 10.0. The summed E-state index contributed by atoms with van der Waals surface area (Å²) in [7, 11) is 0. The molecular weight excluding hydrogens is 262 g/mol. The highest BCUT2D eigenvalue weighted by Gasteiger charge is 2.17. The van der Waals surface area contributed by atoms with Gasteiger partial charge >= 0.3 is 0 Å². The number of aryl methyl sites for hydroxylation is 3. The third-order valence-corrected chi connectivity index (χ3v) is 3.71. The van der Waals surface area contributed by atoms with E-state index in [-0.39, 0.29) is 11.9 Å². The molecule has 1 aromatic carbocycles. The van der Waals surface area contributed by atoms with E-state index in [9.17, 15) is 4.79 Å². The van der Waals surface area contributed by atoms with Crippen molar-refractivity contribution in [3.05, 3.63) is 52.8 Å². The zero-order chi connectivity index (χ0) is 15.4. The Morgan fingerprint density at radius 1 is 1.24 bits per heavy atom. The van der Waals surface area contributed by atoms with Crippen molar-refractivity contribution in [1.82, 2.24) is 15.1 Å². The fourth-order valence-corrected chi connectivity index (χ4v) is 2.36. The number of hydrogen-bond donors (Lipinski definition) is 1. The molecule has 0 aliphatic heterocycles. The van der Waals surface area contributed by atoms with Gasteiger partial charge in [0.2, 0.25) is 0 Å². The van der Waals surface area contributed by atoms with Crippen LogP contribution in [0.5, 0.6) is 0 Å². The molecule has 4 heteroatoms. The summed E-state index contributed by atoms with van der Waals surface area (Å²) in [4.78, 5) is 12.4. The van der Waals surface area contributed by atoms with Crippen LogP contribution in [0.2, 0.25) is 0 Å². The van der Waals surface area contributed by atoms with Crippen LogP contribution in [-0.4, -0.2) is 15.7 Å². The molecule has 0 radical (unpaired) electrons. The highest BCUT2D eigenvalue weighted by atomic mass is 16.1. The summed E-state index contributed by atoms with van der Waals surface area (Å²) in [6.45, 7) is 8.78. The van der Waals surface area contributed by atoms with Gasteiger partial charge in [-0.25, -0.2) is 0 Å². The minimum Gasteiger partial charge on any atom is -0.345 e. The van der Waals surface area contributed by atoms with E-state index < -0.39 is 0 Å². The van der Waals surface area contributed by atoms with Crippen LogP contribution in [0.3, 0.4) is 0 Å². The first kappa shape index (κ1) is 15.3. The predicted molar refractivity (Wildman–Crippen MR) is 84.3 cm³/mol. The number of nitrogens with zero attached hydrogens (tertiary/aromatic N) is 2. The Morgan fingerprint density at radius 3 is 2.43 bits per heavy atom. The molecule has 112 valence electrons. The summed E-state index contributed by atoms with van der Waals surface area (Å²) < 4.78 is 1.79. The summed E-state index contributed by atoms with van der Waals surface area (Å²) in [5.74, 6) is -0.0559.